The summed E-state index contributed by atoms with van der Waals surface area (Å²) in [5.41, 5.74) is 0.112. The third-order valence-electron chi connectivity index (χ3n) is 3.09. The van der Waals surface area contributed by atoms with Crippen LogP contribution in [0.15, 0.2) is 62.6 Å². The van der Waals surface area contributed by atoms with Gasteiger partial charge in [0.05, 0.1) is 11.4 Å². The molecule has 26 heavy (non-hydrogen) atoms. The first-order chi connectivity index (χ1) is 12.6. The number of rotatable bonds is 7. The van der Waals surface area contributed by atoms with Crippen LogP contribution in [0, 0.1) is 5.82 Å². The Morgan fingerprint density at radius 2 is 2.04 bits per heavy atom. The maximum absolute atomic E-state index is 13.7. The highest BCUT2D eigenvalue weighted by Gasteiger charge is 2.12. The van der Waals surface area contributed by atoms with Crippen LogP contribution in [0.5, 0.6) is 5.75 Å². The van der Waals surface area contributed by atoms with Crippen molar-refractivity contribution < 1.29 is 18.3 Å². The molecule has 134 valence electrons. The molecule has 0 saturated carbocycles. The summed E-state index contributed by atoms with van der Waals surface area (Å²) in [5.74, 6) is 0.107. The summed E-state index contributed by atoms with van der Waals surface area (Å²) in [6.07, 6.45) is 0. The SMILES string of the molecule is O=C(CSc1nnc(COc2ccccc2)o1)Nc1ccc(Br)cc1F. The number of benzene rings is 2. The number of ether oxygens (including phenoxy) is 1. The van der Waals surface area contributed by atoms with E-state index < -0.39 is 5.82 Å². The Hall–Kier alpha value is -2.39. The van der Waals surface area contributed by atoms with Gasteiger partial charge in [-0.1, -0.05) is 45.9 Å². The van der Waals surface area contributed by atoms with Gasteiger partial charge in [-0.05, 0) is 30.3 Å². The Balaban J connectivity index is 1.47. The monoisotopic (exact) mass is 437 g/mol. The zero-order chi connectivity index (χ0) is 18.4. The number of carbonyl (C=O) groups excluding carboxylic acids is 1. The largest absolute Gasteiger partial charge is 0.484 e. The number of aromatic nitrogens is 2. The second kappa shape index (κ2) is 8.81. The van der Waals surface area contributed by atoms with Gasteiger partial charge in [0.1, 0.15) is 11.6 Å². The van der Waals surface area contributed by atoms with Crippen molar-refractivity contribution in [1.82, 2.24) is 10.2 Å². The molecule has 2 aromatic carbocycles. The molecule has 1 aromatic heterocycles. The van der Waals surface area contributed by atoms with Crippen LogP contribution < -0.4 is 10.1 Å². The molecular weight excluding hydrogens is 425 g/mol. The third-order valence-corrected chi connectivity index (χ3v) is 4.40. The van der Waals surface area contributed by atoms with Crippen molar-refractivity contribution in [3.05, 3.63) is 64.7 Å². The molecule has 3 rings (SSSR count). The van der Waals surface area contributed by atoms with Crippen LogP contribution >= 0.6 is 27.7 Å². The molecule has 0 bridgehead atoms. The second-order valence-corrected chi connectivity index (χ2v) is 6.87. The molecule has 0 atom stereocenters. The van der Waals surface area contributed by atoms with Crippen LogP contribution in [0.4, 0.5) is 10.1 Å². The number of nitrogens with zero attached hydrogens (tertiary/aromatic N) is 2. The minimum atomic E-state index is -0.518. The van der Waals surface area contributed by atoms with Gasteiger partial charge in [-0.3, -0.25) is 4.79 Å². The highest BCUT2D eigenvalue weighted by molar-refractivity contribution is 9.10. The number of halogens is 2. The molecule has 0 aliphatic carbocycles. The van der Waals surface area contributed by atoms with Crippen molar-refractivity contribution in [2.75, 3.05) is 11.1 Å². The Morgan fingerprint density at radius 1 is 1.23 bits per heavy atom. The van der Waals surface area contributed by atoms with Crippen LogP contribution in [0.25, 0.3) is 0 Å². The number of amides is 1. The fourth-order valence-electron chi connectivity index (χ4n) is 1.92. The highest BCUT2D eigenvalue weighted by atomic mass is 79.9. The van der Waals surface area contributed by atoms with Crippen molar-refractivity contribution in [1.29, 1.82) is 0 Å². The zero-order valence-corrected chi connectivity index (χ0v) is 15.7. The summed E-state index contributed by atoms with van der Waals surface area (Å²) < 4.78 is 25.2. The predicted molar refractivity (Wildman–Crippen MR) is 98.5 cm³/mol. The zero-order valence-electron chi connectivity index (χ0n) is 13.3. The average molecular weight is 438 g/mol. The van der Waals surface area contributed by atoms with Gasteiger partial charge in [0.2, 0.25) is 5.91 Å². The van der Waals surface area contributed by atoms with Crippen molar-refractivity contribution in [2.45, 2.75) is 11.8 Å². The number of para-hydroxylation sites is 1. The number of thioether (sulfide) groups is 1. The van der Waals surface area contributed by atoms with Crippen LogP contribution in [-0.2, 0) is 11.4 Å². The summed E-state index contributed by atoms with van der Waals surface area (Å²) in [5, 5.41) is 10.4. The van der Waals surface area contributed by atoms with E-state index in [0.29, 0.717) is 16.1 Å². The smallest absolute Gasteiger partial charge is 0.277 e. The van der Waals surface area contributed by atoms with E-state index >= 15 is 0 Å². The standard InChI is InChI=1S/C17H13BrFN3O3S/c18-11-6-7-14(13(19)8-11)20-15(23)10-26-17-22-21-16(25-17)9-24-12-4-2-1-3-5-12/h1-8H,9-10H2,(H,20,23). The van der Waals surface area contributed by atoms with Crippen LogP contribution in [-0.4, -0.2) is 21.9 Å². The first kappa shape index (κ1) is 18.4. The van der Waals surface area contributed by atoms with Gasteiger partial charge < -0.3 is 14.5 Å². The van der Waals surface area contributed by atoms with Gasteiger partial charge in [-0.25, -0.2) is 4.39 Å². The Kier molecular flexibility index (Phi) is 6.24. The normalized spacial score (nSPS) is 10.5. The number of nitrogens with one attached hydrogen (secondary N) is 1. The highest BCUT2D eigenvalue weighted by Crippen LogP contribution is 2.21. The molecule has 9 heteroatoms. The van der Waals surface area contributed by atoms with E-state index in [1.165, 1.54) is 12.1 Å². The lowest BCUT2D eigenvalue weighted by Crippen LogP contribution is -2.15. The maximum atomic E-state index is 13.7. The quantitative estimate of drug-likeness (QED) is 0.555. The molecule has 0 aliphatic rings. The van der Waals surface area contributed by atoms with E-state index in [2.05, 4.69) is 31.4 Å². The lowest BCUT2D eigenvalue weighted by molar-refractivity contribution is -0.113. The molecule has 1 amide bonds. The van der Waals surface area contributed by atoms with E-state index in [0.717, 1.165) is 11.8 Å². The van der Waals surface area contributed by atoms with Crippen LogP contribution in [0.2, 0.25) is 0 Å². The first-order valence-electron chi connectivity index (χ1n) is 7.48. The predicted octanol–water partition coefficient (Wildman–Crippen LogP) is 4.28. The topological polar surface area (TPSA) is 77.2 Å². The van der Waals surface area contributed by atoms with Gasteiger partial charge in [0.15, 0.2) is 6.61 Å². The lowest BCUT2D eigenvalue weighted by Gasteiger charge is -2.05. The lowest BCUT2D eigenvalue weighted by atomic mass is 10.3. The van der Waals surface area contributed by atoms with Gasteiger partial charge in [0.25, 0.3) is 11.1 Å². The molecular formula is C17H13BrFN3O3S. The van der Waals surface area contributed by atoms with E-state index in [-0.39, 0.29) is 29.2 Å². The summed E-state index contributed by atoms with van der Waals surface area (Å²) in [4.78, 5) is 11.9. The molecule has 0 aliphatic heterocycles. The van der Waals surface area contributed by atoms with Crippen molar-refractivity contribution in [3.63, 3.8) is 0 Å². The van der Waals surface area contributed by atoms with Gasteiger partial charge >= 0.3 is 0 Å². The van der Waals surface area contributed by atoms with Crippen molar-refractivity contribution >= 4 is 39.3 Å². The molecule has 0 spiro atoms. The van der Waals surface area contributed by atoms with E-state index in [1.54, 1.807) is 6.07 Å². The molecule has 0 saturated heterocycles. The van der Waals surface area contributed by atoms with E-state index in [9.17, 15) is 9.18 Å². The minimum absolute atomic E-state index is 0.0106. The molecule has 6 nitrogen and oxygen atoms in total. The van der Waals surface area contributed by atoms with Crippen molar-refractivity contribution in [3.8, 4) is 5.75 Å². The van der Waals surface area contributed by atoms with Crippen LogP contribution in [0.1, 0.15) is 5.89 Å². The molecule has 0 fully saturated rings. The maximum Gasteiger partial charge on any atom is 0.277 e. The molecule has 1 heterocycles. The second-order valence-electron chi connectivity index (χ2n) is 5.02. The molecule has 3 aromatic rings. The summed E-state index contributed by atoms with van der Waals surface area (Å²) in [6, 6.07) is 13.6. The van der Waals surface area contributed by atoms with E-state index in [4.69, 9.17) is 9.15 Å². The number of hydrogen-bond acceptors (Lipinski definition) is 6. The molecule has 0 radical (unpaired) electrons. The van der Waals surface area contributed by atoms with Gasteiger partial charge in [-0.2, -0.15) is 0 Å². The number of carbonyl (C=O) groups is 1. The first-order valence-corrected chi connectivity index (χ1v) is 9.26. The fourth-order valence-corrected chi connectivity index (χ4v) is 2.83. The van der Waals surface area contributed by atoms with Crippen LogP contribution in [0.3, 0.4) is 0 Å². The molecule has 0 unspecified atom stereocenters. The summed E-state index contributed by atoms with van der Waals surface area (Å²) >= 11 is 4.22. The average Bonchev–Trinajstić information content (AvgIpc) is 3.09. The van der Waals surface area contributed by atoms with E-state index in [1.807, 2.05) is 30.3 Å². The third kappa shape index (κ3) is 5.30. The fraction of sp³-hybridized carbons (Fsp3) is 0.118. The minimum Gasteiger partial charge on any atom is -0.484 e. The molecule has 1 N–H and O–H groups in total. The number of hydrogen-bond donors (Lipinski definition) is 1. The number of anilines is 1. The van der Waals surface area contributed by atoms with Crippen molar-refractivity contribution in [2.24, 2.45) is 0 Å². The summed E-state index contributed by atoms with van der Waals surface area (Å²) in [7, 11) is 0. The summed E-state index contributed by atoms with van der Waals surface area (Å²) in [6.45, 7) is 0.133. The van der Waals surface area contributed by atoms with Gasteiger partial charge in [-0.15, -0.1) is 10.2 Å². The Labute approximate surface area is 161 Å². The van der Waals surface area contributed by atoms with Gasteiger partial charge in [0, 0.05) is 4.47 Å². The Morgan fingerprint density at radius 3 is 2.81 bits per heavy atom. The Bertz CT molecular complexity index is 892.